The highest BCUT2D eigenvalue weighted by Crippen LogP contribution is 2.25. The Bertz CT molecular complexity index is 1470. The van der Waals surface area contributed by atoms with Crippen molar-refractivity contribution in [2.75, 3.05) is 27.3 Å². The maximum Gasteiger partial charge on any atom is 0.488 e. The van der Waals surface area contributed by atoms with Gasteiger partial charge in [-0.15, -0.1) is 0 Å². The van der Waals surface area contributed by atoms with Crippen LogP contribution in [0, 0.1) is 0 Å². The molecule has 0 aliphatic carbocycles. The molecule has 1 aliphatic heterocycles. The Morgan fingerprint density at radius 2 is 1.49 bits per heavy atom. The van der Waals surface area contributed by atoms with Crippen LogP contribution in [-0.4, -0.2) is 72.3 Å². The van der Waals surface area contributed by atoms with Gasteiger partial charge in [0.15, 0.2) is 0 Å². The summed E-state index contributed by atoms with van der Waals surface area (Å²) in [5.41, 5.74) is 5.65. The standard InChI is InChI=1S/C24H26N2O2.C8H9BO4/c1-17-4-3-14-26(17)15-13-22-11-9-21-16-20(10-12-23(21)25-22)18-5-7-19(8-6-18)24(27)28-2;1-13-8(10)6-2-4-7(5-3-6)9(11)12/h5-12,16-17H,3-4,13-15H2,1-2H3;2-5,11-12H,1H3/t17-;/m1./s1. The number of methoxy groups -OCH3 is 2. The first-order valence-corrected chi connectivity index (χ1v) is 13.7. The monoisotopic (exact) mass is 554 g/mol. The van der Waals surface area contributed by atoms with Crippen LogP contribution in [0.3, 0.4) is 0 Å². The van der Waals surface area contributed by atoms with Crippen molar-refractivity contribution in [3.8, 4) is 11.1 Å². The van der Waals surface area contributed by atoms with Crippen LogP contribution in [-0.2, 0) is 15.9 Å². The first kappa shape index (κ1) is 29.9. The number of carbonyl (C=O) groups is 2. The van der Waals surface area contributed by atoms with Gasteiger partial charge in [0.2, 0.25) is 0 Å². The van der Waals surface area contributed by atoms with Crippen LogP contribution < -0.4 is 5.46 Å². The first-order chi connectivity index (χ1) is 19.8. The minimum absolute atomic E-state index is 0.315. The van der Waals surface area contributed by atoms with Crippen LogP contribution in [0.4, 0.5) is 0 Å². The highest BCUT2D eigenvalue weighted by Gasteiger charge is 2.19. The number of aromatic nitrogens is 1. The summed E-state index contributed by atoms with van der Waals surface area (Å²) < 4.78 is 9.23. The van der Waals surface area contributed by atoms with Gasteiger partial charge in [0.1, 0.15) is 0 Å². The van der Waals surface area contributed by atoms with Gasteiger partial charge in [0.05, 0.1) is 30.9 Å². The molecular weight excluding hydrogens is 519 g/mol. The van der Waals surface area contributed by atoms with E-state index in [-0.39, 0.29) is 5.97 Å². The van der Waals surface area contributed by atoms with Crippen molar-refractivity contribution >= 4 is 35.4 Å². The number of hydrogen-bond donors (Lipinski definition) is 2. The van der Waals surface area contributed by atoms with Crippen molar-refractivity contribution in [1.82, 2.24) is 9.88 Å². The summed E-state index contributed by atoms with van der Waals surface area (Å²) in [6, 6.07) is 24.7. The number of carbonyl (C=O) groups excluding carboxylic acids is 2. The maximum absolute atomic E-state index is 11.6. The Kier molecular flexibility index (Phi) is 10.2. The molecular formula is C32H35BN2O6. The number of rotatable bonds is 7. The fourth-order valence-electron chi connectivity index (χ4n) is 4.90. The number of fused-ring (bicyclic) bond motifs is 1. The summed E-state index contributed by atoms with van der Waals surface area (Å²) in [5.74, 6) is -0.760. The van der Waals surface area contributed by atoms with E-state index in [2.05, 4.69) is 46.9 Å². The fourth-order valence-corrected chi connectivity index (χ4v) is 4.90. The molecule has 0 saturated carbocycles. The molecule has 2 heterocycles. The SMILES string of the molecule is COC(=O)c1ccc(-c2ccc3nc(CCN4CCC[C@H]4C)ccc3c2)cc1.COC(=O)c1ccc(B(O)O)cc1. The summed E-state index contributed by atoms with van der Waals surface area (Å²) in [6.07, 6.45) is 3.63. The average Bonchev–Trinajstić information content (AvgIpc) is 3.43. The molecule has 8 nitrogen and oxygen atoms in total. The minimum Gasteiger partial charge on any atom is -0.465 e. The minimum atomic E-state index is -1.51. The van der Waals surface area contributed by atoms with E-state index in [0.717, 1.165) is 40.7 Å². The number of likely N-dealkylation sites (tertiary alicyclic amines) is 1. The van der Waals surface area contributed by atoms with Gasteiger partial charge in [-0.3, -0.25) is 4.98 Å². The molecule has 41 heavy (non-hydrogen) atoms. The summed E-state index contributed by atoms with van der Waals surface area (Å²) in [4.78, 5) is 30.0. The van der Waals surface area contributed by atoms with Gasteiger partial charge >= 0.3 is 19.1 Å². The third-order valence-corrected chi connectivity index (χ3v) is 7.36. The van der Waals surface area contributed by atoms with E-state index >= 15 is 0 Å². The molecule has 4 aromatic rings. The van der Waals surface area contributed by atoms with Gasteiger partial charge in [0, 0.05) is 30.1 Å². The Morgan fingerprint density at radius 3 is 2.05 bits per heavy atom. The van der Waals surface area contributed by atoms with E-state index in [1.54, 1.807) is 12.1 Å². The van der Waals surface area contributed by atoms with Crippen molar-refractivity contribution in [2.45, 2.75) is 32.2 Å². The summed E-state index contributed by atoms with van der Waals surface area (Å²) >= 11 is 0. The second-order valence-electron chi connectivity index (χ2n) is 10.0. The highest BCUT2D eigenvalue weighted by molar-refractivity contribution is 6.58. The van der Waals surface area contributed by atoms with Crippen LogP contribution in [0.1, 0.15) is 46.2 Å². The quantitative estimate of drug-likeness (QED) is 0.262. The molecule has 1 atom stereocenters. The molecule has 5 rings (SSSR count). The van der Waals surface area contributed by atoms with Crippen molar-refractivity contribution in [1.29, 1.82) is 0 Å². The van der Waals surface area contributed by atoms with Crippen molar-refractivity contribution < 1.29 is 29.1 Å². The maximum atomic E-state index is 11.6. The van der Waals surface area contributed by atoms with Gasteiger partial charge in [-0.25, -0.2) is 9.59 Å². The van der Waals surface area contributed by atoms with E-state index < -0.39 is 13.1 Å². The number of hydrogen-bond acceptors (Lipinski definition) is 8. The lowest BCUT2D eigenvalue weighted by Crippen LogP contribution is -2.29. The summed E-state index contributed by atoms with van der Waals surface area (Å²) in [7, 11) is 1.18. The zero-order valence-electron chi connectivity index (χ0n) is 23.6. The van der Waals surface area contributed by atoms with Crippen LogP contribution >= 0.6 is 0 Å². The molecule has 0 amide bonds. The first-order valence-electron chi connectivity index (χ1n) is 13.7. The Hall–Kier alpha value is -4.05. The van der Waals surface area contributed by atoms with E-state index in [1.807, 2.05) is 12.1 Å². The number of benzene rings is 3. The molecule has 1 saturated heterocycles. The average molecular weight is 554 g/mol. The zero-order valence-corrected chi connectivity index (χ0v) is 23.6. The second-order valence-corrected chi connectivity index (χ2v) is 10.0. The Morgan fingerprint density at radius 1 is 0.878 bits per heavy atom. The molecule has 9 heteroatoms. The number of pyridine rings is 1. The molecule has 0 unspecified atom stereocenters. The van der Waals surface area contributed by atoms with Gasteiger partial charge in [0.25, 0.3) is 0 Å². The second kappa shape index (κ2) is 14.0. The number of esters is 2. The lowest BCUT2D eigenvalue weighted by atomic mass is 9.80. The molecule has 3 aromatic carbocycles. The largest absolute Gasteiger partial charge is 0.488 e. The van der Waals surface area contributed by atoms with Crippen molar-refractivity contribution in [3.05, 3.63) is 95.7 Å². The van der Waals surface area contributed by atoms with Gasteiger partial charge in [-0.1, -0.05) is 36.4 Å². The third kappa shape index (κ3) is 7.79. The topological polar surface area (TPSA) is 109 Å². The molecule has 0 bridgehead atoms. The zero-order chi connectivity index (χ0) is 29.4. The van der Waals surface area contributed by atoms with Crippen LogP contribution in [0.2, 0.25) is 0 Å². The molecule has 0 radical (unpaired) electrons. The summed E-state index contributed by atoms with van der Waals surface area (Å²) in [5, 5.41) is 18.6. The van der Waals surface area contributed by atoms with E-state index in [4.69, 9.17) is 19.8 Å². The highest BCUT2D eigenvalue weighted by atomic mass is 16.5. The van der Waals surface area contributed by atoms with Crippen molar-refractivity contribution in [2.24, 2.45) is 0 Å². The van der Waals surface area contributed by atoms with Crippen LogP contribution in [0.15, 0.2) is 78.9 Å². The van der Waals surface area contributed by atoms with Crippen LogP contribution in [0.5, 0.6) is 0 Å². The lowest BCUT2D eigenvalue weighted by Gasteiger charge is -2.20. The Labute approximate surface area is 240 Å². The van der Waals surface area contributed by atoms with Gasteiger partial charge in [-0.2, -0.15) is 0 Å². The molecule has 1 fully saturated rings. The van der Waals surface area contributed by atoms with E-state index in [9.17, 15) is 9.59 Å². The molecule has 0 spiro atoms. The number of ether oxygens (including phenoxy) is 2. The smallest absolute Gasteiger partial charge is 0.465 e. The van der Waals surface area contributed by atoms with Gasteiger partial charge in [-0.05, 0) is 85.4 Å². The van der Waals surface area contributed by atoms with Crippen LogP contribution in [0.25, 0.3) is 22.0 Å². The van der Waals surface area contributed by atoms with Gasteiger partial charge < -0.3 is 24.4 Å². The summed E-state index contributed by atoms with van der Waals surface area (Å²) in [6.45, 7) is 4.62. The molecule has 1 aromatic heterocycles. The molecule has 2 N–H and O–H groups in total. The predicted molar refractivity (Wildman–Crippen MR) is 160 cm³/mol. The number of nitrogens with zero attached hydrogens (tertiary/aromatic N) is 2. The lowest BCUT2D eigenvalue weighted by molar-refractivity contribution is 0.0592. The molecule has 212 valence electrons. The van der Waals surface area contributed by atoms with Crippen molar-refractivity contribution in [3.63, 3.8) is 0 Å². The van der Waals surface area contributed by atoms with E-state index in [0.29, 0.717) is 22.6 Å². The molecule has 1 aliphatic rings. The fraction of sp³-hybridized carbons (Fsp3) is 0.281. The Balaban J connectivity index is 0.000000251. The third-order valence-electron chi connectivity index (χ3n) is 7.36. The normalized spacial score (nSPS) is 14.7. The van der Waals surface area contributed by atoms with E-state index in [1.165, 1.54) is 57.9 Å². The predicted octanol–water partition coefficient (Wildman–Crippen LogP) is 3.87.